The van der Waals surface area contributed by atoms with Crippen LogP contribution in [0.3, 0.4) is 0 Å². The van der Waals surface area contributed by atoms with Crippen molar-refractivity contribution in [3.05, 3.63) is 70.9 Å². The summed E-state index contributed by atoms with van der Waals surface area (Å²) in [4.78, 5) is 24.9. The molecule has 34 heavy (non-hydrogen) atoms. The summed E-state index contributed by atoms with van der Waals surface area (Å²) in [6.45, 7) is 3.46. The lowest BCUT2D eigenvalue weighted by atomic mass is 9.95. The molecule has 178 valence electrons. The van der Waals surface area contributed by atoms with Gasteiger partial charge >= 0.3 is 5.97 Å². The molecule has 0 spiro atoms. The molecule has 0 saturated carbocycles. The van der Waals surface area contributed by atoms with Crippen LogP contribution in [-0.2, 0) is 14.3 Å². The number of benzene rings is 2. The van der Waals surface area contributed by atoms with Crippen LogP contribution in [0, 0.1) is 0 Å². The minimum atomic E-state index is -0.597. The van der Waals surface area contributed by atoms with Gasteiger partial charge in [0, 0.05) is 11.3 Å². The Hall–Kier alpha value is -3.92. The van der Waals surface area contributed by atoms with E-state index in [1.807, 2.05) is 18.2 Å². The molecule has 1 heterocycles. The molecule has 1 aliphatic heterocycles. The number of carbonyl (C=O) groups excluding carboxylic acids is 2. The number of hydrazone groups is 1. The highest BCUT2D eigenvalue weighted by atomic mass is 32.1. The predicted octanol–water partition coefficient (Wildman–Crippen LogP) is 2.58. The predicted molar refractivity (Wildman–Crippen MR) is 132 cm³/mol. The molecular formula is C24H26N4O5S. The van der Waals surface area contributed by atoms with E-state index in [0.717, 1.165) is 11.3 Å². The van der Waals surface area contributed by atoms with Crippen LogP contribution in [0.4, 0.5) is 0 Å². The number of nitrogens with one attached hydrogen (secondary N) is 3. The Morgan fingerprint density at radius 1 is 1.18 bits per heavy atom. The number of nitrogens with zero attached hydrogens (tertiary/aromatic N) is 1. The molecule has 2 aromatic rings. The van der Waals surface area contributed by atoms with Gasteiger partial charge in [-0.1, -0.05) is 18.2 Å². The second kappa shape index (κ2) is 11.8. The number of carbonyl (C=O) groups is 2. The van der Waals surface area contributed by atoms with E-state index >= 15 is 0 Å². The molecule has 0 bridgehead atoms. The minimum absolute atomic E-state index is 0.238. The van der Waals surface area contributed by atoms with E-state index in [1.54, 1.807) is 51.3 Å². The molecule has 2 aromatic carbocycles. The number of thiocarbonyl (C=S) groups is 1. The van der Waals surface area contributed by atoms with E-state index in [0.29, 0.717) is 27.7 Å². The summed E-state index contributed by atoms with van der Waals surface area (Å²) in [5.41, 5.74) is 4.85. The van der Waals surface area contributed by atoms with Gasteiger partial charge in [-0.05, 0) is 62.0 Å². The Kier molecular flexibility index (Phi) is 8.58. The number of methoxy groups -OCH3 is 1. The van der Waals surface area contributed by atoms with Gasteiger partial charge in [-0.2, -0.15) is 5.10 Å². The van der Waals surface area contributed by atoms with Crippen LogP contribution in [0.2, 0.25) is 0 Å². The van der Waals surface area contributed by atoms with Gasteiger partial charge in [-0.15, -0.1) is 0 Å². The van der Waals surface area contributed by atoms with E-state index in [1.165, 1.54) is 6.21 Å². The van der Waals surface area contributed by atoms with Crippen molar-refractivity contribution < 1.29 is 23.8 Å². The Balaban J connectivity index is 1.69. The largest absolute Gasteiger partial charge is 0.497 e. The fourth-order valence-corrected chi connectivity index (χ4v) is 3.57. The molecular weight excluding hydrogens is 456 g/mol. The van der Waals surface area contributed by atoms with Crippen LogP contribution in [0.25, 0.3) is 0 Å². The highest BCUT2D eigenvalue weighted by Crippen LogP contribution is 2.33. The average Bonchev–Trinajstić information content (AvgIpc) is 2.83. The van der Waals surface area contributed by atoms with Crippen LogP contribution >= 0.6 is 12.2 Å². The summed E-state index contributed by atoms with van der Waals surface area (Å²) in [5.74, 6) is 0.251. The van der Waals surface area contributed by atoms with Crippen molar-refractivity contribution >= 4 is 35.4 Å². The normalized spacial score (nSPS) is 15.4. The topological polar surface area (TPSA) is 110 Å². The number of ether oxygens (including phenoxy) is 3. The molecule has 0 aromatic heterocycles. The van der Waals surface area contributed by atoms with Crippen LogP contribution in [0.1, 0.15) is 31.0 Å². The smallest absolute Gasteiger partial charge is 0.338 e. The lowest BCUT2D eigenvalue weighted by molar-refractivity contribution is -0.139. The average molecular weight is 483 g/mol. The van der Waals surface area contributed by atoms with Gasteiger partial charge in [0.1, 0.15) is 11.5 Å². The molecule has 0 fully saturated rings. The van der Waals surface area contributed by atoms with Gasteiger partial charge in [0.25, 0.3) is 5.91 Å². The number of hydrogen-bond acceptors (Lipinski definition) is 7. The van der Waals surface area contributed by atoms with Gasteiger partial charge in [0.2, 0.25) is 0 Å². The van der Waals surface area contributed by atoms with Gasteiger partial charge in [0.15, 0.2) is 11.7 Å². The summed E-state index contributed by atoms with van der Waals surface area (Å²) in [5, 5.41) is 10.4. The first-order valence-electron chi connectivity index (χ1n) is 10.6. The summed E-state index contributed by atoms with van der Waals surface area (Å²) in [6, 6.07) is 13.7. The third-order valence-corrected chi connectivity index (χ3v) is 5.09. The number of amides is 1. The number of rotatable bonds is 9. The molecule has 0 aliphatic carbocycles. The quantitative estimate of drug-likeness (QED) is 0.217. The summed E-state index contributed by atoms with van der Waals surface area (Å²) >= 11 is 5.28. The number of esters is 1. The van der Waals surface area contributed by atoms with Gasteiger partial charge in [0.05, 0.1) is 31.5 Å². The maximum absolute atomic E-state index is 12.6. The van der Waals surface area contributed by atoms with Gasteiger partial charge < -0.3 is 24.8 Å². The Morgan fingerprint density at radius 2 is 1.91 bits per heavy atom. The standard InChI is InChI=1S/C24H26N4O5S/c1-4-32-23(30)21-15(2)26-24(34)27-22(21)18-7-5-6-8-19(18)33-14-20(29)28-25-13-16-9-11-17(31-3)12-10-16/h5-13,22H,4,14H2,1-3H3,(H,28,29)(H2,26,27,34)/t22-/m1/s1. The first-order chi connectivity index (χ1) is 16.4. The van der Waals surface area contributed by atoms with Crippen LogP contribution in [0.15, 0.2) is 64.9 Å². The van der Waals surface area contributed by atoms with E-state index in [4.69, 9.17) is 26.4 Å². The van der Waals surface area contributed by atoms with Crippen molar-refractivity contribution in [3.63, 3.8) is 0 Å². The van der Waals surface area contributed by atoms with E-state index in [9.17, 15) is 9.59 Å². The molecule has 3 rings (SSSR count). The maximum atomic E-state index is 12.6. The Labute approximate surface area is 203 Å². The van der Waals surface area contributed by atoms with E-state index in [-0.39, 0.29) is 13.2 Å². The monoisotopic (exact) mass is 482 g/mol. The maximum Gasteiger partial charge on any atom is 0.338 e. The molecule has 0 unspecified atom stereocenters. The summed E-state index contributed by atoms with van der Waals surface area (Å²) in [6.07, 6.45) is 1.52. The second-order valence-electron chi connectivity index (χ2n) is 7.18. The van der Waals surface area contributed by atoms with Crippen molar-refractivity contribution in [3.8, 4) is 11.5 Å². The van der Waals surface area contributed by atoms with E-state index in [2.05, 4.69) is 21.2 Å². The third kappa shape index (κ3) is 6.32. The van der Waals surface area contributed by atoms with Crippen molar-refractivity contribution in [2.75, 3.05) is 20.3 Å². The fraction of sp³-hybridized carbons (Fsp3) is 0.250. The molecule has 10 heteroatoms. The SMILES string of the molecule is CCOC(=O)C1=C(C)NC(=S)N[C@@H]1c1ccccc1OCC(=O)NN=Cc1ccc(OC)cc1. The number of para-hydroxylation sites is 1. The zero-order chi connectivity index (χ0) is 24.5. The van der Waals surface area contributed by atoms with Crippen LogP contribution in [-0.4, -0.2) is 43.5 Å². The Bertz CT molecular complexity index is 1110. The third-order valence-electron chi connectivity index (χ3n) is 4.87. The van der Waals surface area contributed by atoms with Crippen LogP contribution in [0.5, 0.6) is 11.5 Å². The molecule has 3 N–H and O–H groups in total. The zero-order valence-corrected chi connectivity index (χ0v) is 19.9. The van der Waals surface area contributed by atoms with Gasteiger partial charge in [-0.3, -0.25) is 4.79 Å². The number of hydrogen-bond donors (Lipinski definition) is 3. The number of allylic oxidation sites excluding steroid dienone is 1. The molecule has 1 atom stereocenters. The van der Waals surface area contributed by atoms with Crippen molar-refractivity contribution in [2.45, 2.75) is 19.9 Å². The van der Waals surface area contributed by atoms with Crippen molar-refractivity contribution in [1.29, 1.82) is 0 Å². The highest BCUT2D eigenvalue weighted by Gasteiger charge is 2.32. The fourth-order valence-electron chi connectivity index (χ4n) is 3.30. The first-order valence-corrected chi connectivity index (χ1v) is 11.0. The van der Waals surface area contributed by atoms with E-state index < -0.39 is 17.9 Å². The molecule has 9 nitrogen and oxygen atoms in total. The summed E-state index contributed by atoms with van der Waals surface area (Å²) in [7, 11) is 1.59. The Morgan fingerprint density at radius 3 is 2.62 bits per heavy atom. The van der Waals surface area contributed by atoms with Crippen molar-refractivity contribution in [2.24, 2.45) is 5.10 Å². The first kappa shape index (κ1) is 24.7. The molecule has 1 aliphatic rings. The van der Waals surface area contributed by atoms with Gasteiger partial charge in [-0.25, -0.2) is 10.2 Å². The molecule has 0 saturated heterocycles. The highest BCUT2D eigenvalue weighted by molar-refractivity contribution is 7.80. The second-order valence-corrected chi connectivity index (χ2v) is 7.59. The van der Waals surface area contributed by atoms with Crippen molar-refractivity contribution in [1.82, 2.24) is 16.1 Å². The zero-order valence-electron chi connectivity index (χ0n) is 19.1. The van der Waals surface area contributed by atoms with Crippen LogP contribution < -0.4 is 25.5 Å². The molecule has 1 amide bonds. The lowest BCUT2D eigenvalue weighted by Crippen LogP contribution is -2.45. The molecule has 0 radical (unpaired) electrons. The minimum Gasteiger partial charge on any atom is -0.497 e. The summed E-state index contributed by atoms with van der Waals surface area (Å²) < 4.78 is 16.1. The lowest BCUT2D eigenvalue weighted by Gasteiger charge is -2.30.